The van der Waals surface area contributed by atoms with Crippen LogP contribution in [0.4, 0.5) is 0 Å². The summed E-state index contributed by atoms with van der Waals surface area (Å²) >= 11 is 3.37. The second-order valence-electron chi connectivity index (χ2n) is 5.78. The molecule has 2 unspecified atom stereocenters. The largest absolute Gasteiger partial charge is 0.370 e. The minimum absolute atomic E-state index is 0.0679. The van der Waals surface area contributed by atoms with E-state index in [9.17, 15) is 4.79 Å². The van der Waals surface area contributed by atoms with Crippen molar-refractivity contribution in [3.8, 4) is 0 Å². The summed E-state index contributed by atoms with van der Waals surface area (Å²) in [4.78, 5) is 12.0. The standard InChI is InChI=1S/C16H21BrO2/c1-11-7-12(2)9-15(8-11)19-10-16(18)13-3-5-14(17)6-4-13/h3-6,11-12,15H,7-10H2,1-2H3. The van der Waals surface area contributed by atoms with Crippen LogP contribution in [0.15, 0.2) is 28.7 Å². The van der Waals surface area contributed by atoms with Gasteiger partial charge in [-0.25, -0.2) is 0 Å². The van der Waals surface area contributed by atoms with Crippen molar-refractivity contribution in [3.63, 3.8) is 0 Å². The highest BCUT2D eigenvalue weighted by Gasteiger charge is 2.25. The Hall–Kier alpha value is -0.670. The number of Topliss-reactive ketones (excluding diaryl/α,β-unsaturated/α-hetero) is 1. The van der Waals surface area contributed by atoms with Gasteiger partial charge in [-0.3, -0.25) is 4.79 Å². The normalized spacial score (nSPS) is 27.2. The van der Waals surface area contributed by atoms with Gasteiger partial charge in [0.2, 0.25) is 0 Å². The Morgan fingerprint density at radius 1 is 1.16 bits per heavy atom. The molecular formula is C16H21BrO2. The molecule has 1 aliphatic carbocycles. The van der Waals surface area contributed by atoms with E-state index in [1.807, 2.05) is 24.3 Å². The van der Waals surface area contributed by atoms with E-state index in [4.69, 9.17) is 4.74 Å². The smallest absolute Gasteiger partial charge is 0.188 e. The molecule has 1 saturated carbocycles. The lowest BCUT2D eigenvalue weighted by Gasteiger charge is -2.31. The molecule has 0 saturated heterocycles. The van der Waals surface area contributed by atoms with E-state index in [1.165, 1.54) is 6.42 Å². The predicted octanol–water partition coefficient (Wildman–Crippen LogP) is 4.47. The van der Waals surface area contributed by atoms with Gasteiger partial charge in [0.05, 0.1) is 6.10 Å². The number of hydrogen-bond donors (Lipinski definition) is 0. The maximum atomic E-state index is 12.0. The zero-order valence-corrected chi connectivity index (χ0v) is 13.2. The van der Waals surface area contributed by atoms with E-state index in [1.54, 1.807) is 0 Å². The fourth-order valence-corrected chi connectivity index (χ4v) is 3.19. The van der Waals surface area contributed by atoms with Crippen molar-refractivity contribution in [2.75, 3.05) is 6.61 Å². The van der Waals surface area contributed by atoms with Gasteiger partial charge in [0, 0.05) is 10.0 Å². The van der Waals surface area contributed by atoms with E-state index in [0.717, 1.165) is 22.9 Å². The highest BCUT2D eigenvalue weighted by molar-refractivity contribution is 9.10. The molecule has 2 nitrogen and oxygen atoms in total. The number of rotatable bonds is 4. The zero-order valence-electron chi connectivity index (χ0n) is 11.6. The molecule has 0 spiro atoms. The first kappa shape index (κ1) is 14.7. The van der Waals surface area contributed by atoms with E-state index in [-0.39, 0.29) is 18.5 Å². The average Bonchev–Trinajstić information content (AvgIpc) is 2.36. The molecule has 19 heavy (non-hydrogen) atoms. The predicted molar refractivity (Wildman–Crippen MR) is 80.4 cm³/mol. The molecule has 1 aromatic rings. The average molecular weight is 325 g/mol. The molecule has 0 amide bonds. The second kappa shape index (κ2) is 6.67. The number of ether oxygens (including phenoxy) is 1. The lowest BCUT2D eigenvalue weighted by molar-refractivity contribution is 0.00562. The number of carbonyl (C=O) groups excluding carboxylic acids is 1. The minimum Gasteiger partial charge on any atom is -0.370 e. The third kappa shape index (κ3) is 4.43. The van der Waals surface area contributed by atoms with Gasteiger partial charge >= 0.3 is 0 Å². The second-order valence-corrected chi connectivity index (χ2v) is 6.70. The van der Waals surface area contributed by atoms with Crippen molar-refractivity contribution in [2.45, 2.75) is 39.2 Å². The Morgan fingerprint density at radius 3 is 2.32 bits per heavy atom. The Morgan fingerprint density at radius 2 is 1.74 bits per heavy atom. The maximum absolute atomic E-state index is 12.0. The van der Waals surface area contributed by atoms with Gasteiger partial charge in [0.25, 0.3) is 0 Å². The fourth-order valence-electron chi connectivity index (χ4n) is 2.92. The van der Waals surface area contributed by atoms with Crippen LogP contribution in [0.5, 0.6) is 0 Å². The van der Waals surface area contributed by atoms with Gasteiger partial charge in [-0.15, -0.1) is 0 Å². The Bertz CT molecular complexity index is 417. The van der Waals surface area contributed by atoms with Crippen LogP contribution in [-0.2, 0) is 4.74 Å². The Kier molecular flexibility index (Phi) is 5.17. The highest BCUT2D eigenvalue weighted by atomic mass is 79.9. The first-order chi connectivity index (χ1) is 9.04. The molecule has 1 aliphatic rings. The number of hydrogen-bond acceptors (Lipinski definition) is 2. The van der Waals surface area contributed by atoms with Crippen LogP contribution < -0.4 is 0 Å². The van der Waals surface area contributed by atoms with Crippen molar-refractivity contribution in [1.82, 2.24) is 0 Å². The Labute approximate surface area is 123 Å². The molecule has 1 aromatic carbocycles. The highest BCUT2D eigenvalue weighted by Crippen LogP contribution is 2.30. The number of benzene rings is 1. The number of ketones is 1. The van der Waals surface area contributed by atoms with Crippen LogP contribution in [0.2, 0.25) is 0 Å². The summed E-state index contributed by atoms with van der Waals surface area (Å²) in [5.74, 6) is 1.48. The molecule has 0 bridgehead atoms. The lowest BCUT2D eigenvalue weighted by Crippen LogP contribution is -2.28. The van der Waals surface area contributed by atoms with Crippen LogP contribution >= 0.6 is 15.9 Å². The van der Waals surface area contributed by atoms with Crippen LogP contribution in [0, 0.1) is 11.8 Å². The van der Waals surface area contributed by atoms with Gasteiger partial charge in [0.1, 0.15) is 6.61 Å². The third-order valence-electron chi connectivity index (χ3n) is 3.75. The molecule has 0 N–H and O–H groups in total. The van der Waals surface area contributed by atoms with Gasteiger partial charge in [-0.1, -0.05) is 41.9 Å². The van der Waals surface area contributed by atoms with Crippen LogP contribution in [-0.4, -0.2) is 18.5 Å². The summed E-state index contributed by atoms with van der Waals surface area (Å²) in [6, 6.07) is 7.44. The first-order valence-corrected chi connectivity index (χ1v) is 7.74. The molecule has 2 atom stereocenters. The quantitative estimate of drug-likeness (QED) is 0.763. The van der Waals surface area contributed by atoms with E-state index in [2.05, 4.69) is 29.8 Å². The van der Waals surface area contributed by atoms with E-state index in [0.29, 0.717) is 11.8 Å². The molecule has 0 aliphatic heterocycles. The third-order valence-corrected chi connectivity index (χ3v) is 4.28. The van der Waals surface area contributed by atoms with Crippen molar-refractivity contribution in [2.24, 2.45) is 11.8 Å². The zero-order chi connectivity index (χ0) is 13.8. The molecule has 2 rings (SSSR count). The van der Waals surface area contributed by atoms with Crippen LogP contribution in [0.25, 0.3) is 0 Å². The fraction of sp³-hybridized carbons (Fsp3) is 0.562. The van der Waals surface area contributed by atoms with Crippen LogP contribution in [0.1, 0.15) is 43.5 Å². The summed E-state index contributed by atoms with van der Waals surface area (Å²) < 4.78 is 6.79. The maximum Gasteiger partial charge on any atom is 0.188 e. The summed E-state index contributed by atoms with van der Waals surface area (Å²) in [6.45, 7) is 4.73. The van der Waals surface area contributed by atoms with Gasteiger partial charge in [0.15, 0.2) is 5.78 Å². The minimum atomic E-state index is 0.0679. The molecule has 0 aromatic heterocycles. The SMILES string of the molecule is CC1CC(C)CC(OCC(=O)c2ccc(Br)cc2)C1. The van der Waals surface area contributed by atoms with Gasteiger partial charge < -0.3 is 4.74 Å². The number of halogens is 1. The van der Waals surface area contributed by atoms with E-state index < -0.39 is 0 Å². The summed E-state index contributed by atoms with van der Waals surface area (Å²) in [6.07, 6.45) is 3.69. The summed E-state index contributed by atoms with van der Waals surface area (Å²) in [7, 11) is 0. The summed E-state index contributed by atoms with van der Waals surface area (Å²) in [5, 5.41) is 0. The summed E-state index contributed by atoms with van der Waals surface area (Å²) in [5.41, 5.74) is 0.722. The van der Waals surface area contributed by atoms with E-state index >= 15 is 0 Å². The van der Waals surface area contributed by atoms with Gasteiger partial charge in [-0.2, -0.15) is 0 Å². The molecule has 104 valence electrons. The lowest BCUT2D eigenvalue weighted by atomic mass is 9.82. The Balaban J connectivity index is 1.84. The number of carbonyl (C=O) groups is 1. The molecule has 3 heteroatoms. The molecular weight excluding hydrogens is 304 g/mol. The molecule has 1 fully saturated rings. The van der Waals surface area contributed by atoms with Crippen molar-refractivity contribution in [3.05, 3.63) is 34.3 Å². The monoisotopic (exact) mass is 324 g/mol. The topological polar surface area (TPSA) is 26.3 Å². The first-order valence-electron chi connectivity index (χ1n) is 6.95. The molecule has 0 radical (unpaired) electrons. The van der Waals surface area contributed by atoms with Crippen molar-refractivity contribution >= 4 is 21.7 Å². The molecule has 0 heterocycles. The van der Waals surface area contributed by atoms with Crippen molar-refractivity contribution in [1.29, 1.82) is 0 Å². The van der Waals surface area contributed by atoms with Crippen molar-refractivity contribution < 1.29 is 9.53 Å². The van der Waals surface area contributed by atoms with Crippen LogP contribution in [0.3, 0.4) is 0 Å². The van der Waals surface area contributed by atoms with Gasteiger partial charge in [-0.05, 0) is 43.2 Å².